The van der Waals surface area contributed by atoms with Crippen molar-refractivity contribution in [1.29, 1.82) is 0 Å². The van der Waals surface area contributed by atoms with Crippen LogP contribution in [0.3, 0.4) is 0 Å². The third kappa shape index (κ3) is 3.55. The summed E-state index contributed by atoms with van der Waals surface area (Å²) in [5.74, 6) is -1.06. The minimum atomic E-state index is -0.612. The zero-order valence-corrected chi connectivity index (χ0v) is 15.2. The highest BCUT2D eigenvalue weighted by atomic mass is 19.1. The van der Waals surface area contributed by atoms with Crippen molar-refractivity contribution < 1.29 is 14.0 Å². The standard InChI is InChI=1S/C21H19FN4O2/c22-17-14-19-18(23-7-8-24-19)13-16(17)21(28)26-10-4-9-25(11-12-26)20(27)15-5-2-1-3-6-15/h1-3,5-8,13-14H,4,9-12H2. The monoisotopic (exact) mass is 378 g/mol. The van der Waals surface area contributed by atoms with Crippen LogP contribution in [0.5, 0.6) is 0 Å². The molecule has 2 amide bonds. The minimum absolute atomic E-state index is 0.0177. The zero-order chi connectivity index (χ0) is 19.5. The molecular weight excluding hydrogens is 359 g/mol. The fraction of sp³-hybridized carbons (Fsp3) is 0.238. The molecule has 0 N–H and O–H groups in total. The molecule has 2 aromatic carbocycles. The van der Waals surface area contributed by atoms with Gasteiger partial charge in [-0.3, -0.25) is 19.6 Å². The first-order chi connectivity index (χ1) is 13.6. The first-order valence-electron chi connectivity index (χ1n) is 9.17. The van der Waals surface area contributed by atoms with Crippen LogP contribution >= 0.6 is 0 Å². The van der Waals surface area contributed by atoms with Crippen molar-refractivity contribution >= 4 is 22.8 Å². The van der Waals surface area contributed by atoms with Gasteiger partial charge in [0, 0.05) is 50.2 Å². The lowest BCUT2D eigenvalue weighted by Crippen LogP contribution is -2.37. The highest BCUT2D eigenvalue weighted by Crippen LogP contribution is 2.19. The van der Waals surface area contributed by atoms with Crippen LogP contribution in [0.1, 0.15) is 27.1 Å². The summed E-state index contributed by atoms with van der Waals surface area (Å²) < 4.78 is 14.5. The zero-order valence-electron chi connectivity index (χ0n) is 15.2. The molecule has 0 saturated carbocycles. The molecule has 0 unspecified atom stereocenters. The summed E-state index contributed by atoms with van der Waals surface area (Å²) in [5.41, 5.74) is 1.49. The first-order valence-corrected chi connectivity index (χ1v) is 9.17. The summed E-state index contributed by atoms with van der Waals surface area (Å²) in [4.78, 5) is 37.1. The van der Waals surface area contributed by atoms with Crippen LogP contribution < -0.4 is 0 Å². The van der Waals surface area contributed by atoms with Crippen molar-refractivity contribution in [3.63, 3.8) is 0 Å². The maximum Gasteiger partial charge on any atom is 0.256 e. The Labute approximate surface area is 161 Å². The van der Waals surface area contributed by atoms with Gasteiger partial charge in [0.1, 0.15) is 5.82 Å². The average molecular weight is 378 g/mol. The molecule has 7 heteroatoms. The Hall–Kier alpha value is -3.35. The molecule has 4 rings (SSSR count). The van der Waals surface area contributed by atoms with E-state index in [0.29, 0.717) is 49.2 Å². The van der Waals surface area contributed by atoms with Gasteiger partial charge in [0.2, 0.25) is 0 Å². The summed E-state index contributed by atoms with van der Waals surface area (Å²) in [5, 5.41) is 0. The third-order valence-corrected chi connectivity index (χ3v) is 4.88. The van der Waals surface area contributed by atoms with E-state index < -0.39 is 5.82 Å². The van der Waals surface area contributed by atoms with Gasteiger partial charge < -0.3 is 9.80 Å². The maximum atomic E-state index is 14.5. The van der Waals surface area contributed by atoms with Crippen LogP contribution in [0.15, 0.2) is 54.9 Å². The average Bonchev–Trinajstić information content (AvgIpc) is 2.99. The molecule has 0 bridgehead atoms. The molecule has 28 heavy (non-hydrogen) atoms. The van der Waals surface area contributed by atoms with Crippen molar-refractivity contribution in [2.45, 2.75) is 6.42 Å². The lowest BCUT2D eigenvalue weighted by atomic mass is 10.1. The number of nitrogens with zero attached hydrogens (tertiary/aromatic N) is 4. The molecule has 0 radical (unpaired) electrons. The Kier molecular flexibility index (Phi) is 4.97. The molecule has 1 fully saturated rings. The van der Waals surface area contributed by atoms with Gasteiger partial charge in [-0.05, 0) is 24.6 Å². The number of hydrogen-bond acceptors (Lipinski definition) is 4. The second-order valence-corrected chi connectivity index (χ2v) is 6.68. The van der Waals surface area contributed by atoms with E-state index in [2.05, 4.69) is 9.97 Å². The molecule has 2 heterocycles. The number of hydrogen-bond donors (Lipinski definition) is 0. The molecule has 0 aliphatic carbocycles. The number of carbonyl (C=O) groups is 2. The van der Waals surface area contributed by atoms with Crippen LogP contribution in [0, 0.1) is 5.82 Å². The number of fused-ring (bicyclic) bond motifs is 1. The van der Waals surface area contributed by atoms with E-state index >= 15 is 0 Å². The van der Waals surface area contributed by atoms with Gasteiger partial charge in [-0.2, -0.15) is 0 Å². The van der Waals surface area contributed by atoms with Crippen LogP contribution in [0.4, 0.5) is 4.39 Å². The van der Waals surface area contributed by atoms with Crippen molar-refractivity contribution in [3.8, 4) is 0 Å². The van der Waals surface area contributed by atoms with Gasteiger partial charge in [-0.15, -0.1) is 0 Å². The number of benzene rings is 2. The fourth-order valence-corrected chi connectivity index (χ4v) is 3.41. The Bertz CT molecular complexity index is 1030. The van der Waals surface area contributed by atoms with Crippen molar-refractivity contribution in [2.24, 2.45) is 0 Å². The molecule has 1 saturated heterocycles. The highest BCUT2D eigenvalue weighted by Gasteiger charge is 2.25. The van der Waals surface area contributed by atoms with Gasteiger partial charge in [0.05, 0.1) is 16.6 Å². The minimum Gasteiger partial charge on any atom is -0.337 e. The largest absolute Gasteiger partial charge is 0.337 e. The number of rotatable bonds is 2. The lowest BCUT2D eigenvalue weighted by molar-refractivity contribution is 0.0716. The number of aromatic nitrogens is 2. The Morgan fingerprint density at radius 2 is 1.43 bits per heavy atom. The van der Waals surface area contributed by atoms with E-state index in [1.807, 2.05) is 18.2 Å². The SMILES string of the molecule is O=C(c1ccccc1)N1CCCN(C(=O)c2cc3nccnc3cc2F)CC1. The van der Waals surface area contributed by atoms with Crippen molar-refractivity contribution in [1.82, 2.24) is 19.8 Å². The molecule has 142 valence electrons. The summed E-state index contributed by atoms with van der Waals surface area (Å²) >= 11 is 0. The van der Waals surface area contributed by atoms with E-state index in [-0.39, 0.29) is 17.4 Å². The van der Waals surface area contributed by atoms with Crippen LogP contribution in [0.2, 0.25) is 0 Å². The molecular formula is C21H19FN4O2. The van der Waals surface area contributed by atoms with Crippen molar-refractivity contribution in [2.75, 3.05) is 26.2 Å². The first kappa shape index (κ1) is 18.0. The number of amides is 2. The second kappa shape index (κ2) is 7.72. The number of carbonyl (C=O) groups excluding carboxylic acids is 2. The van der Waals surface area contributed by atoms with E-state index in [4.69, 9.17) is 0 Å². The Morgan fingerprint density at radius 1 is 0.821 bits per heavy atom. The third-order valence-electron chi connectivity index (χ3n) is 4.88. The summed E-state index contributed by atoms with van der Waals surface area (Å²) in [6.45, 7) is 1.79. The molecule has 6 nitrogen and oxygen atoms in total. The van der Waals surface area contributed by atoms with Crippen LogP contribution in [-0.2, 0) is 0 Å². The van der Waals surface area contributed by atoms with Crippen LogP contribution in [0.25, 0.3) is 11.0 Å². The molecule has 1 aliphatic heterocycles. The van der Waals surface area contributed by atoms with Gasteiger partial charge in [-0.1, -0.05) is 18.2 Å². The molecule has 1 aromatic heterocycles. The highest BCUT2D eigenvalue weighted by molar-refractivity contribution is 5.98. The second-order valence-electron chi connectivity index (χ2n) is 6.68. The summed E-state index contributed by atoms with van der Waals surface area (Å²) in [6.07, 6.45) is 3.63. The van der Waals surface area contributed by atoms with E-state index in [1.165, 1.54) is 24.5 Å². The Morgan fingerprint density at radius 3 is 2.11 bits per heavy atom. The Balaban J connectivity index is 1.51. The fourth-order valence-electron chi connectivity index (χ4n) is 3.41. The maximum absolute atomic E-state index is 14.5. The summed E-state index contributed by atoms with van der Waals surface area (Å²) in [7, 11) is 0. The predicted octanol–water partition coefficient (Wildman–Crippen LogP) is 2.76. The lowest BCUT2D eigenvalue weighted by Gasteiger charge is -2.22. The predicted molar refractivity (Wildman–Crippen MR) is 102 cm³/mol. The van der Waals surface area contributed by atoms with E-state index in [9.17, 15) is 14.0 Å². The van der Waals surface area contributed by atoms with Gasteiger partial charge in [-0.25, -0.2) is 4.39 Å². The van der Waals surface area contributed by atoms with E-state index in [0.717, 1.165) is 0 Å². The normalized spacial score (nSPS) is 14.8. The summed E-state index contributed by atoms with van der Waals surface area (Å²) in [6, 6.07) is 11.8. The van der Waals surface area contributed by atoms with Crippen molar-refractivity contribution in [3.05, 3.63) is 71.8 Å². The quantitative estimate of drug-likeness (QED) is 0.688. The topological polar surface area (TPSA) is 66.4 Å². The van der Waals surface area contributed by atoms with Gasteiger partial charge >= 0.3 is 0 Å². The van der Waals surface area contributed by atoms with Gasteiger partial charge in [0.25, 0.3) is 11.8 Å². The molecule has 1 aliphatic rings. The molecule has 0 spiro atoms. The van der Waals surface area contributed by atoms with Crippen LogP contribution in [-0.4, -0.2) is 57.8 Å². The molecule has 0 atom stereocenters. The number of halogens is 1. The molecule has 3 aromatic rings. The smallest absolute Gasteiger partial charge is 0.256 e. The van der Waals surface area contributed by atoms with E-state index in [1.54, 1.807) is 21.9 Å². The van der Waals surface area contributed by atoms with Gasteiger partial charge in [0.15, 0.2) is 0 Å².